The van der Waals surface area contributed by atoms with E-state index in [-0.39, 0.29) is 5.69 Å². The number of benzene rings is 2. The summed E-state index contributed by atoms with van der Waals surface area (Å²) in [4.78, 5) is 12.3. The predicted molar refractivity (Wildman–Crippen MR) is 106 cm³/mol. The molecule has 2 aromatic rings. The summed E-state index contributed by atoms with van der Waals surface area (Å²) in [6, 6.07) is 10.1. The Bertz CT molecular complexity index is 1040. The number of nitrogens with one attached hydrogen (secondary N) is 1. The fourth-order valence-electron chi connectivity index (χ4n) is 2.65. The lowest BCUT2D eigenvalue weighted by molar-refractivity contribution is -0.119. The Labute approximate surface area is 168 Å². The highest BCUT2D eigenvalue weighted by Crippen LogP contribution is 2.30. The van der Waals surface area contributed by atoms with Crippen molar-refractivity contribution >= 4 is 27.3 Å². The van der Waals surface area contributed by atoms with E-state index < -0.39 is 28.3 Å². The maximum atomic E-state index is 13.1. The smallest absolute Gasteiger partial charge is 0.260 e. The molecular weight excluding hydrogens is 401 g/mol. The molecule has 0 aromatic heterocycles. The Morgan fingerprint density at radius 3 is 2.45 bits per heavy atom. The molecule has 1 aliphatic rings. The molecule has 0 saturated heterocycles. The van der Waals surface area contributed by atoms with Gasteiger partial charge in [0.25, 0.3) is 5.91 Å². The van der Waals surface area contributed by atoms with Crippen LogP contribution in [0, 0.1) is 5.82 Å². The highest BCUT2D eigenvalue weighted by atomic mass is 32.2. The van der Waals surface area contributed by atoms with Crippen molar-refractivity contribution in [3.8, 4) is 11.5 Å². The standard InChI is InChI=1S/C19H20FN3O5S/c1-13(14-3-8-17-18(11-14)28-10-9-27-17)21-22-19(24)12-23(29(2,25)26)16-6-4-15(20)5-7-16/h3-8,11H,9-10,12H2,1-2H3,(H,22,24)/b21-13+. The molecular formula is C19H20FN3O5S. The minimum Gasteiger partial charge on any atom is -0.486 e. The zero-order valence-corrected chi connectivity index (χ0v) is 16.7. The molecule has 10 heteroatoms. The quantitative estimate of drug-likeness (QED) is 0.568. The van der Waals surface area contributed by atoms with Gasteiger partial charge < -0.3 is 9.47 Å². The number of hydrogen-bond acceptors (Lipinski definition) is 6. The van der Waals surface area contributed by atoms with Crippen molar-refractivity contribution < 1.29 is 27.1 Å². The van der Waals surface area contributed by atoms with Gasteiger partial charge in [-0.15, -0.1) is 0 Å². The van der Waals surface area contributed by atoms with Crippen molar-refractivity contribution in [1.29, 1.82) is 0 Å². The third kappa shape index (κ3) is 5.23. The van der Waals surface area contributed by atoms with E-state index in [1.54, 1.807) is 25.1 Å². The van der Waals surface area contributed by atoms with Crippen molar-refractivity contribution in [1.82, 2.24) is 5.43 Å². The molecule has 0 unspecified atom stereocenters. The molecule has 0 fully saturated rings. The van der Waals surface area contributed by atoms with Gasteiger partial charge in [-0.1, -0.05) is 0 Å². The molecule has 0 atom stereocenters. The molecule has 0 saturated carbocycles. The Morgan fingerprint density at radius 1 is 1.14 bits per heavy atom. The van der Waals surface area contributed by atoms with Crippen LogP contribution in [0.2, 0.25) is 0 Å². The molecule has 29 heavy (non-hydrogen) atoms. The number of hydrogen-bond donors (Lipinski definition) is 1. The molecule has 1 heterocycles. The molecule has 0 radical (unpaired) electrons. The summed E-state index contributed by atoms with van der Waals surface area (Å²) in [5.74, 6) is 0.0806. The van der Waals surface area contributed by atoms with Crippen LogP contribution in [0.5, 0.6) is 11.5 Å². The first-order valence-corrected chi connectivity index (χ1v) is 10.6. The third-order valence-electron chi connectivity index (χ3n) is 4.11. The number of hydrazone groups is 1. The highest BCUT2D eigenvalue weighted by molar-refractivity contribution is 7.92. The molecule has 2 aromatic carbocycles. The summed E-state index contributed by atoms with van der Waals surface area (Å²) in [6.45, 7) is 2.14. The Kier molecular flexibility index (Phi) is 6.02. The van der Waals surface area contributed by atoms with Gasteiger partial charge in [0.1, 0.15) is 25.6 Å². The van der Waals surface area contributed by atoms with Crippen LogP contribution in [0.4, 0.5) is 10.1 Å². The molecule has 1 amide bonds. The summed E-state index contributed by atoms with van der Waals surface area (Å²) < 4.78 is 49.0. The van der Waals surface area contributed by atoms with Crippen LogP contribution in [-0.4, -0.2) is 46.1 Å². The normalized spacial score (nSPS) is 13.7. The number of carbonyl (C=O) groups excluding carboxylic acids is 1. The van der Waals surface area contributed by atoms with Gasteiger partial charge in [-0.2, -0.15) is 5.10 Å². The molecule has 1 N–H and O–H groups in total. The number of amides is 1. The molecule has 1 aliphatic heterocycles. The largest absolute Gasteiger partial charge is 0.486 e. The molecule has 0 spiro atoms. The number of halogens is 1. The Morgan fingerprint density at radius 2 is 1.79 bits per heavy atom. The van der Waals surface area contributed by atoms with E-state index in [1.165, 1.54) is 12.1 Å². The summed E-state index contributed by atoms with van der Waals surface area (Å²) in [7, 11) is -3.76. The molecule has 8 nitrogen and oxygen atoms in total. The number of anilines is 1. The average Bonchev–Trinajstić information content (AvgIpc) is 2.70. The lowest BCUT2D eigenvalue weighted by atomic mass is 10.1. The van der Waals surface area contributed by atoms with Crippen LogP contribution < -0.4 is 19.2 Å². The number of nitrogens with zero attached hydrogens (tertiary/aromatic N) is 2. The van der Waals surface area contributed by atoms with Crippen molar-refractivity contribution in [2.24, 2.45) is 5.10 Å². The molecule has 0 bridgehead atoms. The van der Waals surface area contributed by atoms with Crippen LogP contribution >= 0.6 is 0 Å². The second kappa shape index (κ2) is 8.48. The summed E-state index contributed by atoms with van der Waals surface area (Å²) in [5.41, 5.74) is 3.74. The van der Waals surface area contributed by atoms with Gasteiger partial charge in [0, 0.05) is 5.56 Å². The average molecular weight is 421 g/mol. The van der Waals surface area contributed by atoms with Crippen molar-refractivity contribution in [2.75, 3.05) is 30.3 Å². The van der Waals surface area contributed by atoms with E-state index >= 15 is 0 Å². The lowest BCUT2D eigenvalue weighted by Crippen LogP contribution is -2.39. The van der Waals surface area contributed by atoms with E-state index in [2.05, 4.69) is 10.5 Å². The second-order valence-corrected chi connectivity index (χ2v) is 8.24. The van der Waals surface area contributed by atoms with E-state index in [9.17, 15) is 17.6 Å². The van der Waals surface area contributed by atoms with Crippen LogP contribution in [0.3, 0.4) is 0 Å². The summed E-state index contributed by atoms with van der Waals surface area (Å²) >= 11 is 0. The van der Waals surface area contributed by atoms with E-state index in [1.807, 2.05) is 0 Å². The van der Waals surface area contributed by atoms with Crippen molar-refractivity contribution in [2.45, 2.75) is 6.92 Å². The van der Waals surface area contributed by atoms with Gasteiger partial charge in [0.15, 0.2) is 11.5 Å². The third-order valence-corrected chi connectivity index (χ3v) is 5.25. The molecule has 154 valence electrons. The number of carbonyl (C=O) groups is 1. The first-order valence-electron chi connectivity index (χ1n) is 8.70. The zero-order valence-electron chi connectivity index (χ0n) is 15.9. The van der Waals surface area contributed by atoms with Gasteiger partial charge in [-0.05, 0) is 49.4 Å². The maximum absolute atomic E-state index is 13.1. The van der Waals surface area contributed by atoms with Crippen LogP contribution in [0.1, 0.15) is 12.5 Å². The Balaban J connectivity index is 1.70. The highest BCUT2D eigenvalue weighted by Gasteiger charge is 2.21. The summed E-state index contributed by atoms with van der Waals surface area (Å²) in [6.07, 6.45) is 0.966. The number of sulfonamides is 1. The first-order chi connectivity index (χ1) is 13.7. The van der Waals surface area contributed by atoms with E-state index in [0.29, 0.717) is 36.0 Å². The zero-order chi connectivity index (χ0) is 21.0. The van der Waals surface area contributed by atoms with E-state index in [0.717, 1.165) is 22.7 Å². The minimum atomic E-state index is -3.76. The van der Waals surface area contributed by atoms with Gasteiger partial charge in [-0.3, -0.25) is 9.10 Å². The number of fused-ring (bicyclic) bond motifs is 1. The fourth-order valence-corrected chi connectivity index (χ4v) is 3.51. The monoisotopic (exact) mass is 421 g/mol. The first kappa shape index (κ1) is 20.6. The molecule has 0 aliphatic carbocycles. The van der Waals surface area contributed by atoms with Gasteiger partial charge in [0.2, 0.25) is 10.0 Å². The number of rotatable bonds is 6. The van der Waals surface area contributed by atoms with Crippen molar-refractivity contribution in [3.63, 3.8) is 0 Å². The summed E-state index contributed by atoms with van der Waals surface area (Å²) in [5, 5.41) is 4.03. The number of ether oxygens (including phenoxy) is 2. The topological polar surface area (TPSA) is 97.3 Å². The van der Waals surface area contributed by atoms with Crippen LogP contribution in [0.25, 0.3) is 0 Å². The van der Waals surface area contributed by atoms with E-state index in [4.69, 9.17) is 9.47 Å². The van der Waals surface area contributed by atoms with Crippen molar-refractivity contribution in [3.05, 3.63) is 53.8 Å². The van der Waals surface area contributed by atoms with Gasteiger partial charge in [0.05, 0.1) is 17.7 Å². The molecule has 3 rings (SSSR count). The predicted octanol–water partition coefficient (Wildman–Crippen LogP) is 1.90. The van der Waals surface area contributed by atoms with Crippen LogP contribution in [0.15, 0.2) is 47.6 Å². The van der Waals surface area contributed by atoms with Gasteiger partial charge in [-0.25, -0.2) is 18.2 Å². The van der Waals surface area contributed by atoms with Crippen LogP contribution in [-0.2, 0) is 14.8 Å². The fraction of sp³-hybridized carbons (Fsp3) is 0.263. The SMILES string of the molecule is C/C(=N\NC(=O)CN(c1ccc(F)cc1)S(C)(=O)=O)c1ccc2c(c1)OCCO2. The Hall–Kier alpha value is -3.14. The second-order valence-electron chi connectivity index (χ2n) is 6.34. The minimum absolute atomic E-state index is 0.177. The van der Waals surface area contributed by atoms with Gasteiger partial charge >= 0.3 is 0 Å². The lowest BCUT2D eigenvalue weighted by Gasteiger charge is -2.21. The maximum Gasteiger partial charge on any atom is 0.260 e.